The van der Waals surface area contributed by atoms with E-state index in [1.54, 1.807) is 0 Å². The molecule has 1 N–H and O–H groups in total. The fraction of sp³-hybridized carbons (Fsp3) is 0.278. The standard InChI is InChI=1S/C18H20ClNOS/c1-2-3-4-14-5-9-16(10-6-14)20-18(21)13-22-17-11-7-15(19)8-12-17/h5-12H,2-4,13H2,1H3,(H,20,21). The Kier molecular flexibility index (Phi) is 6.81. The smallest absolute Gasteiger partial charge is 0.234 e. The first-order chi connectivity index (χ1) is 10.7. The van der Waals surface area contributed by atoms with Gasteiger partial charge in [0, 0.05) is 15.6 Å². The molecule has 0 aromatic heterocycles. The Hall–Kier alpha value is -1.45. The molecule has 0 saturated carbocycles. The molecule has 2 rings (SSSR count). The van der Waals surface area contributed by atoms with Crippen molar-refractivity contribution in [2.75, 3.05) is 11.1 Å². The van der Waals surface area contributed by atoms with Gasteiger partial charge in [0.15, 0.2) is 0 Å². The highest BCUT2D eigenvalue weighted by molar-refractivity contribution is 8.00. The van der Waals surface area contributed by atoms with Gasteiger partial charge in [0.25, 0.3) is 0 Å². The lowest BCUT2D eigenvalue weighted by molar-refractivity contribution is -0.113. The van der Waals surface area contributed by atoms with Crippen LogP contribution in [0.5, 0.6) is 0 Å². The second-order valence-corrected chi connectivity index (χ2v) is 6.58. The zero-order chi connectivity index (χ0) is 15.8. The largest absolute Gasteiger partial charge is 0.325 e. The number of aryl methyl sites for hydroxylation is 1. The van der Waals surface area contributed by atoms with Crippen LogP contribution in [0.25, 0.3) is 0 Å². The Bertz CT molecular complexity index is 595. The van der Waals surface area contributed by atoms with Crippen molar-refractivity contribution in [3.05, 3.63) is 59.1 Å². The van der Waals surface area contributed by atoms with Gasteiger partial charge in [0.2, 0.25) is 5.91 Å². The van der Waals surface area contributed by atoms with Crippen LogP contribution in [0, 0.1) is 0 Å². The maximum atomic E-state index is 12.0. The zero-order valence-electron chi connectivity index (χ0n) is 12.6. The van der Waals surface area contributed by atoms with Crippen LogP contribution < -0.4 is 5.32 Å². The molecule has 2 aromatic carbocycles. The highest BCUT2D eigenvalue weighted by Crippen LogP contribution is 2.20. The molecule has 0 saturated heterocycles. The molecule has 1 amide bonds. The van der Waals surface area contributed by atoms with Crippen LogP contribution in [-0.2, 0) is 11.2 Å². The second-order valence-electron chi connectivity index (χ2n) is 5.09. The van der Waals surface area contributed by atoms with E-state index in [9.17, 15) is 4.79 Å². The van der Waals surface area contributed by atoms with Crippen LogP contribution in [0.2, 0.25) is 5.02 Å². The summed E-state index contributed by atoms with van der Waals surface area (Å²) in [6, 6.07) is 15.6. The lowest BCUT2D eigenvalue weighted by Crippen LogP contribution is -2.13. The quantitative estimate of drug-likeness (QED) is 0.686. The number of anilines is 1. The molecule has 0 bridgehead atoms. The van der Waals surface area contributed by atoms with Crippen molar-refractivity contribution in [3.8, 4) is 0 Å². The average Bonchev–Trinajstić information content (AvgIpc) is 2.54. The Morgan fingerprint density at radius 3 is 2.41 bits per heavy atom. The fourth-order valence-corrected chi connectivity index (χ4v) is 2.84. The number of carbonyl (C=O) groups excluding carboxylic acids is 1. The van der Waals surface area contributed by atoms with E-state index in [1.165, 1.54) is 30.2 Å². The summed E-state index contributed by atoms with van der Waals surface area (Å²) in [6.45, 7) is 2.19. The number of nitrogens with one attached hydrogen (secondary N) is 1. The highest BCUT2D eigenvalue weighted by atomic mass is 35.5. The molecule has 2 aromatic rings. The van der Waals surface area contributed by atoms with Gasteiger partial charge in [-0.3, -0.25) is 4.79 Å². The molecule has 0 fully saturated rings. The minimum absolute atomic E-state index is 0.00116. The predicted molar refractivity (Wildman–Crippen MR) is 95.9 cm³/mol. The maximum absolute atomic E-state index is 12.0. The zero-order valence-corrected chi connectivity index (χ0v) is 14.2. The Morgan fingerprint density at radius 1 is 1.09 bits per heavy atom. The van der Waals surface area contributed by atoms with E-state index < -0.39 is 0 Å². The molecule has 0 heterocycles. The molecule has 0 aliphatic carbocycles. The number of halogens is 1. The predicted octanol–water partition coefficient (Wildman–Crippen LogP) is 5.41. The molecular weight excluding hydrogens is 314 g/mol. The number of unbranched alkanes of at least 4 members (excludes halogenated alkanes) is 1. The number of hydrogen-bond acceptors (Lipinski definition) is 2. The normalized spacial score (nSPS) is 10.5. The number of hydrogen-bond donors (Lipinski definition) is 1. The molecule has 0 aliphatic rings. The lowest BCUT2D eigenvalue weighted by Gasteiger charge is -2.07. The summed E-state index contributed by atoms with van der Waals surface area (Å²) in [7, 11) is 0. The first-order valence-electron chi connectivity index (χ1n) is 7.44. The molecule has 116 valence electrons. The number of rotatable bonds is 7. The Balaban J connectivity index is 1.80. The number of amides is 1. The molecule has 0 spiro atoms. The Labute approximate surface area is 141 Å². The number of carbonyl (C=O) groups is 1. The van der Waals surface area contributed by atoms with Crippen molar-refractivity contribution >= 4 is 35.0 Å². The molecular formula is C18H20ClNOS. The first-order valence-corrected chi connectivity index (χ1v) is 8.81. The van der Waals surface area contributed by atoms with E-state index in [1.807, 2.05) is 36.4 Å². The van der Waals surface area contributed by atoms with Crippen LogP contribution >= 0.6 is 23.4 Å². The highest BCUT2D eigenvalue weighted by Gasteiger charge is 2.04. The lowest BCUT2D eigenvalue weighted by atomic mass is 10.1. The van der Waals surface area contributed by atoms with Crippen LogP contribution in [-0.4, -0.2) is 11.7 Å². The van der Waals surface area contributed by atoms with Crippen LogP contribution in [0.1, 0.15) is 25.3 Å². The van der Waals surface area contributed by atoms with Crippen molar-refractivity contribution in [2.45, 2.75) is 31.1 Å². The van der Waals surface area contributed by atoms with Gasteiger partial charge in [-0.15, -0.1) is 11.8 Å². The second kappa shape index (κ2) is 8.86. The maximum Gasteiger partial charge on any atom is 0.234 e. The molecule has 2 nitrogen and oxygen atoms in total. The van der Waals surface area contributed by atoms with Gasteiger partial charge >= 0.3 is 0 Å². The molecule has 4 heteroatoms. The van der Waals surface area contributed by atoms with Gasteiger partial charge in [-0.05, 0) is 54.8 Å². The first kappa shape index (κ1) is 16.9. The summed E-state index contributed by atoms with van der Waals surface area (Å²) in [4.78, 5) is 13.0. The minimum atomic E-state index is 0.00116. The monoisotopic (exact) mass is 333 g/mol. The van der Waals surface area contributed by atoms with E-state index >= 15 is 0 Å². The third kappa shape index (κ3) is 5.74. The van der Waals surface area contributed by atoms with E-state index in [4.69, 9.17) is 11.6 Å². The van der Waals surface area contributed by atoms with E-state index in [2.05, 4.69) is 24.4 Å². The molecule has 0 atom stereocenters. The third-order valence-corrected chi connectivity index (χ3v) is 4.50. The van der Waals surface area contributed by atoms with Gasteiger partial charge in [0.05, 0.1) is 5.75 Å². The third-order valence-electron chi connectivity index (χ3n) is 3.24. The van der Waals surface area contributed by atoms with Crippen molar-refractivity contribution in [1.82, 2.24) is 0 Å². The minimum Gasteiger partial charge on any atom is -0.325 e. The SMILES string of the molecule is CCCCc1ccc(NC(=O)CSc2ccc(Cl)cc2)cc1. The molecule has 0 aliphatic heterocycles. The summed E-state index contributed by atoms with van der Waals surface area (Å²) in [5.41, 5.74) is 2.16. The van der Waals surface area contributed by atoms with Gasteiger partial charge in [-0.25, -0.2) is 0 Å². The van der Waals surface area contributed by atoms with Crippen molar-refractivity contribution in [3.63, 3.8) is 0 Å². The summed E-state index contributed by atoms with van der Waals surface area (Å²) in [5.74, 6) is 0.389. The van der Waals surface area contributed by atoms with Gasteiger partial charge in [-0.2, -0.15) is 0 Å². The van der Waals surface area contributed by atoms with Gasteiger partial charge in [-0.1, -0.05) is 37.1 Å². The van der Waals surface area contributed by atoms with Gasteiger partial charge < -0.3 is 5.32 Å². The van der Waals surface area contributed by atoms with Crippen LogP contribution in [0.3, 0.4) is 0 Å². The van der Waals surface area contributed by atoms with Crippen molar-refractivity contribution < 1.29 is 4.79 Å². The van der Waals surface area contributed by atoms with Crippen molar-refractivity contribution in [1.29, 1.82) is 0 Å². The fourth-order valence-electron chi connectivity index (χ4n) is 2.01. The summed E-state index contributed by atoms with van der Waals surface area (Å²) in [5, 5.41) is 3.63. The molecule has 22 heavy (non-hydrogen) atoms. The summed E-state index contributed by atoms with van der Waals surface area (Å²) < 4.78 is 0. The number of benzene rings is 2. The van der Waals surface area contributed by atoms with Crippen LogP contribution in [0.15, 0.2) is 53.4 Å². The topological polar surface area (TPSA) is 29.1 Å². The molecule has 0 radical (unpaired) electrons. The van der Waals surface area contributed by atoms with E-state index in [-0.39, 0.29) is 5.91 Å². The van der Waals surface area contributed by atoms with E-state index in [0.29, 0.717) is 10.8 Å². The summed E-state index contributed by atoms with van der Waals surface area (Å²) in [6.07, 6.45) is 3.49. The van der Waals surface area contributed by atoms with Crippen LogP contribution in [0.4, 0.5) is 5.69 Å². The van der Waals surface area contributed by atoms with Crippen molar-refractivity contribution in [2.24, 2.45) is 0 Å². The Morgan fingerprint density at radius 2 is 1.77 bits per heavy atom. The molecule has 0 unspecified atom stereocenters. The summed E-state index contributed by atoms with van der Waals surface area (Å²) >= 11 is 7.34. The average molecular weight is 334 g/mol. The van der Waals surface area contributed by atoms with E-state index in [0.717, 1.165) is 17.0 Å². The number of thioether (sulfide) groups is 1. The van der Waals surface area contributed by atoms with Gasteiger partial charge in [0.1, 0.15) is 0 Å².